The first kappa shape index (κ1) is 8.36. The molecule has 68 valence electrons. The van der Waals surface area contributed by atoms with Gasteiger partial charge in [-0.05, 0) is 12.5 Å². The van der Waals surface area contributed by atoms with Gasteiger partial charge in [-0.3, -0.25) is 0 Å². The van der Waals surface area contributed by atoms with Crippen molar-refractivity contribution in [1.82, 2.24) is 0 Å². The maximum Gasteiger partial charge on any atom is 0.123 e. The number of allylic oxidation sites excluding steroid dienone is 1. The summed E-state index contributed by atoms with van der Waals surface area (Å²) in [5.74, 6) is 1.03. The Morgan fingerprint density at radius 3 is 3.08 bits per heavy atom. The van der Waals surface area contributed by atoms with Crippen molar-refractivity contribution < 1.29 is 4.74 Å². The van der Waals surface area contributed by atoms with Gasteiger partial charge in [0.1, 0.15) is 5.75 Å². The summed E-state index contributed by atoms with van der Waals surface area (Å²) in [5.41, 5.74) is 1.45. The highest BCUT2D eigenvalue weighted by Crippen LogP contribution is 2.40. The minimum Gasteiger partial charge on any atom is -0.492 e. The SMILES string of the molecule is C=CCC1(C)COc2ccccc21. The van der Waals surface area contributed by atoms with Crippen LogP contribution in [0.4, 0.5) is 0 Å². The molecule has 0 amide bonds. The lowest BCUT2D eigenvalue weighted by Crippen LogP contribution is -2.22. The minimum atomic E-state index is 0.137. The fourth-order valence-electron chi connectivity index (χ4n) is 1.89. The van der Waals surface area contributed by atoms with Crippen molar-refractivity contribution in [3.8, 4) is 5.75 Å². The maximum atomic E-state index is 5.62. The van der Waals surface area contributed by atoms with Crippen LogP contribution in [0.5, 0.6) is 5.75 Å². The third-order valence-corrected chi connectivity index (χ3v) is 2.68. The summed E-state index contributed by atoms with van der Waals surface area (Å²) < 4.78 is 5.62. The molecule has 1 atom stereocenters. The summed E-state index contributed by atoms with van der Waals surface area (Å²) in [6.45, 7) is 6.79. The quantitative estimate of drug-likeness (QED) is 0.626. The average molecular weight is 174 g/mol. The minimum absolute atomic E-state index is 0.137. The van der Waals surface area contributed by atoms with E-state index in [-0.39, 0.29) is 5.41 Å². The number of benzene rings is 1. The molecule has 13 heavy (non-hydrogen) atoms. The van der Waals surface area contributed by atoms with Crippen molar-refractivity contribution in [2.75, 3.05) is 6.61 Å². The molecule has 0 saturated heterocycles. The largest absolute Gasteiger partial charge is 0.492 e. The summed E-state index contributed by atoms with van der Waals surface area (Å²) in [6.07, 6.45) is 2.94. The van der Waals surface area contributed by atoms with Crippen LogP contribution in [0.15, 0.2) is 36.9 Å². The predicted molar refractivity (Wildman–Crippen MR) is 54.1 cm³/mol. The monoisotopic (exact) mass is 174 g/mol. The van der Waals surface area contributed by atoms with E-state index in [1.165, 1.54) is 5.56 Å². The summed E-state index contributed by atoms with van der Waals surface area (Å²) in [7, 11) is 0. The van der Waals surface area contributed by atoms with E-state index in [1.807, 2.05) is 18.2 Å². The summed E-state index contributed by atoms with van der Waals surface area (Å²) in [4.78, 5) is 0. The average Bonchev–Trinajstić information content (AvgIpc) is 2.46. The van der Waals surface area contributed by atoms with Crippen LogP contribution in [-0.4, -0.2) is 6.61 Å². The standard InChI is InChI=1S/C12H14O/c1-3-8-12(2)9-13-11-7-5-4-6-10(11)12/h3-7H,1,8-9H2,2H3. The molecule has 1 aromatic carbocycles. The molecule has 1 heterocycles. The van der Waals surface area contributed by atoms with Gasteiger partial charge in [-0.15, -0.1) is 6.58 Å². The molecule has 0 fully saturated rings. The van der Waals surface area contributed by atoms with E-state index in [2.05, 4.69) is 25.6 Å². The van der Waals surface area contributed by atoms with Crippen LogP contribution in [0.2, 0.25) is 0 Å². The lowest BCUT2D eigenvalue weighted by molar-refractivity contribution is 0.279. The Hall–Kier alpha value is -1.24. The molecular weight excluding hydrogens is 160 g/mol. The van der Waals surface area contributed by atoms with Gasteiger partial charge in [0.15, 0.2) is 0 Å². The Labute approximate surface area is 79.0 Å². The fraction of sp³-hybridized carbons (Fsp3) is 0.333. The van der Waals surface area contributed by atoms with Crippen molar-refractivity contribution in [2.45, 2.75) is 18.8 Å². The molecule has 0 aromatic heterocycles. The van der Waals surface area contributed by atoms with E-state index in [4.69, 9.17) is 4.74 Å². The molecule has 1 heteroatoms. The zero-order valence-electron chi connectivity index (χ0n) is 7.92. The van der Waals surface area contributed by atoms with Gasteiger partial charge in [-0.2, -0.15) is 0 Å². The molecule has 1 aliphatic rings. The first-order chi connectivity index (χ1) is 6.26. The Balaban J connectivity index is 2.42. The Kier molecular flexibility index (Phi) is 1.87. The molecule has 1 unspecified atom stereocenters. The molecular formula is C12H14O. The summed E-state index contributed by atoms with van der Waals surface area (Å²) in [6, 6.07) is 8.25. The van der Waals surface area contributed by atoms with E-state index < -0.39 is 0 Å². The van der Waals surface area contributed by atoms with E-state index in [1.54, 1.807) is 0 Å². The van der Waals surface area contributed by atoms with Gasteiger partial charge in [0.2, 0.25) is 0 Å². The lowest BCUT2D eigenvalue weighted by atomic mass is 9.82. The van der Waals surface area contributed by atoms with Crippen LogP contribution in [0.25, 0.3) is 0 Å². The van der Waals surface area contributed by atoms with Crippen LogP contribution in [0, 0.1) is 0 Å². The van der Waals surface area contributed by atoms with Gasteiger partial charge < -0.3 is 4.74 Å². The number of rotatable bonds is 2. The van der Waals surface area contributed by atoms with Crippen LogP contribution in [0.1, 0.15) is 18.9 Å². The second-order valence-electron chi connectivity index (χ2n) is 3.84. The maximum absolute atomic E-state index is 5.62. The van der Waals surface area contributed by atoms with Crippen molar-refractivity contribution in [3.63, 3.8) is 0 Å². The first-order valence-electron chi connectivity index (χ1n) is 4.59. The van der Waals surface area contributed by atoms with Gasteiger partial charge in [-0.1, -0.05) is 31.2 Å². The lowest BCUT2D eigenvalue weighted by Gasteiger charge is -2.19. The summed E-state index contributed by atoms with van der Waals surface area (Å²) in [5, 5.41) is 0. The highest BCUT2D eigenvalue weighted by Gasteiger charge is 2.34. The molecule has 1 nitrogen and oxygen atoms in total. The van der Waals surface area contributed by atoms with Gasteiger partial charge in [0.25, 0.3) is 0 Å². The zero-order chi connectivity index (χ0) is 9.31. The van der Waals surface area contributed by atoms with Gasteiger partial charge in [0.05, 0.1) is 6.61 Å². The summed E-state index contributed by atoms with van der Waals surface area (Å²) >= 11 is 0. The molecule has 0 N–H and O–H groups in total. The van der Waals surface area contributed by atoms with Crippen LogP contribution in [0.3, 0.4) is 0 Å². The van der Waals surface area contributed by atoms with Gasteiger partial charge >= 0.3 is 0 Å². The number of fused-ring (bicyclic) bond motifs is 1. The Morgan fingerprint density at radius 1 is 1.54 bits per heavy atom. The van der Waals surface area contributed by atoms with E-state index in [0.717, 1.165) is 18.8 Å². The van der Waals surface area contributed by atoms with E-state index in [9.17, 15) is 0 Å². The highest BCUT2D eigenvalue weighted by atomic mass is 16.5. The number of hydrogen-bond donors (Lipinski definition) is 0. The van der Waals surface area contributed by atoms with Gasteiger partial charge in [0, 0.05) is 11.0 Å². The molecule has 1 aromatic rings. The number of ether oxygens (including phenoxy) is 1. The third-order valence-electron chi connectivity index (χ3n) is 2.68. The van der Waals surface area contributed by atoms with Crippen LogP contribution >= 0.6 is 0 Å². The Morgan fingerprint density at radius 2 is 2.31 bits per heavy atom. The molecule has 1 aliphatic heterocycles. The molecule has 0 radical (unpaired) electrons. The van der Waals surface area contributed by atoms with E-state index in [0.29, 0.717) is 0 Å². The molecule has 2 rings (SSSR count). The van der Waals surface area contributed by atoms with Crippen molar-refractivity contribution >= 4 is 0 Å². The Bertz CT molecular complexity index is 330. The zero-order valence-corrected chi connectivity index (χ0v) is 7.92. The number of hydrogen-bond acceptors (Lipinski definition) is 1. The van der Waals surface area contributed by atoms with Crippen molar-refractivity contribution in [3.05, 3.63) is 42.5 Å². The topological polar surface area (TPSA) is 9.23 Å². The highest BCUT2D eigenvalue weighted by molar-refractivity contribution is 5.43. The van der Waals surface area contributed by atoms with Crippen molar-refractivity contribution in [1.29, 1.82) is 0 Å². The normalized spacial score (nSPS) is 25.0. The molecule has 0 spiro atoms. The second-order valence-corrected chi connectivity index (χ2v) is 3.84. The van der Waals surface area contributed by atoms with Crippen LogP contribution < -0.4 is 4.74 Å². The first-order valence-corrected chi connectivity index (χ1v) is 4.59. The van der Waals surface area contributed by atoms with Gasteiger partial charge in [-0.25, -0.2) is 0 Å². The third kappa shape index (κ3) is 1.24. The molecule has 0 saturated carbocycles. The van der Waals surface area contributed by atoms with Crippen molar-refractivity contribution in [2.24, 2.45) is 0 Å². The number of para-hydroxylation sites is 1. The fourth-order valence-corrected chi connectivity index (χ4v) is 1.89. The predicted octanol–water partition coefficient (Wildman–Crippen LogP) is 2.91. The smallest absolute Gasteiger partial charge is 0.123 e. The molecule has 0 bridgehead atoms. The van der Waals surface area contributed by atoms with E-state index >= 15 is 0 Å². The van der Waals surface area contributed by atoms with Crippen LogP contribution in [-0.2, 0) is 5.41 Å². The second kappa shape index (κ2) is 2.91. The molecule has 0 aliphatic carbocycles.